The second kappa shape index (κ2) is 2.47. The highest BCUT2D eigenvalue weighted by Gasteiger charge is 2.54. The molecule has 4 atom stereocenters. The molecule has 2 aliphatic rings. The first-order valence-electron chi connectivity index (χ1n) is 5.32. The molecule has 0 aromatic rings. The first kappa shape index (κ1) is 8.55. The van der Waals surface area contributed by atoms with Crippen molar-refractivity contribution in [3.05, 3.63) is 0 Å². The van der Waals surface area contributed by atoms with Crippen LogP contribution in [0.1, 0.15) is 40.0 Å². The minimum Gasteiger partial charge on any atom is -0.327 e. The van der Waals surface area contributed by atoms with Gasteiger partial charge in [0, 0.05) is 6.04 Å². The molecule has 1 heteroatoms. The lowest BCUT2D eigenvalue weighted by molar-refractivity contribution is 0.0930. The first-order valence-corrected chi connectivity index (χ1v) is 5.32. The van der Waals surface area contributed by atoms with Gasteiger partial charge in [-0.05, 0) is 42.4 Å². The molecule has 0 saturated heterocycles. The van der Waals surface area contributed by atoms with Crippen LogP contribution in [-0.4, -0.2) is 6.04 Å². The van der Waals surface area contributed by atoms with Crippen molar-refractivity contribution in [2.45, 2.75) is 46.1 Å². The zero-order valence-corrected chi connectivity index (χ0v) is 8.51. The molecular weight excluding hydrogens is 146 g/mol. The Morgan fingerprint density at radius 3 is 2.33 bits per heavy atom. The Labute approximate surface area is 75.7 Å². The van der Waals surface area contributed by atoms with Gasteiger partial charge in [0.2, 0.25) is 0 Å². The lowest BCUT2D eigenvalue weighted by atomic mass is 9.65. The van der Waals surface area contributed by atoms with E-state index < -0.39 is 0 Å². The van der Waals surface area contributed by atoms with Gasteiger partial charge >= 0.3 is 0 Å². The molecular formula is C11H21N. The van der Waals surface area contributed by atoms with Gasteiger partial charge in [0.25, 0.3) is 0 Å². The Hall–Kier alpha value is -0.0400. The van der Waals surface area contributed by atoms with E-state index in [-0.39, 0.29) is 0 Å². The summed E-state index contributed by atoms with van der Waals surface area (Å²) in [6, 6.07) is 0.483. The summed E-state index contributed by atoms with van der Waals surface area (Å²) >= 11 is 0. The molecule has 2 saturated carbocycles. The van der Waals surface area contributed by atoms with Crippen LogP contribution in [0.25, 0.3) is 0 Å². The van der Waals surface area contributed by atoms with E-state index in [4.69, 9.17) is 5.73 Å². The van der Waals surface area contributed by atoms with Crippen LogP contribution in [0.2, 0.25) is 0 Å². The fourth-order valence-electron chi connectivity index (χ4n) is 3.54. The molecule has 70 valence electrons. The van der Waals surface area contributed by atoms with Crippen molar-refractivity contribution in [1.82, 2.24) is 0 Å². The van der Waals surface area contributed by atoms with Gasteiger partial charge in [-0.3, -0.25) is 0 Å². The van der Waals surface area contributed by atoms with Gasteiger partial charge in [0.05, 0.1) is 0 Å². The van der Waals surface area contributed by atoms with Crippen molar-refractivity contribution in [3.8, 4) is 0 Å². The van der Waals surface area contributed by atoms with E-state index in [1.54, 1.807) is 0 Å². The van der Waals surface area contributed by atoms with Crippen LogP contribution >= 0.6 is 0 Å². The summed E-state index contributed by atoms with van der Waals surface area (Å²) in [7, 11) is 0. The normalized spacial score (nSPS) is 52.2. The minimum absolute atomic E-state index is 0.447. The minimum atomic E-state index is 0.447. The Kier molecular flexibility index (Phi) is 1.76. The van der Waals surface area contributed by atoms with Crippen molar-refractivity contribution in [2.75, 3.05) is 0 Å². The van der Waals surface area contributed by atoms with Crippen molar-refractivity contribution in [2.24, 2.45) is 28.9 Å². The van der Waals surface area contributed by atoms with Crippen LogP contribution in [0.5, 0.6) is 0 Å². The third-order valence-corrected chi connectivity index (χ3v) is 4.82. The maximum absolute atomic E-state index is 6.30. The molecule has 2 bridgehead atoms. The number of hydrogen-bond acceptors (Lipinski definition) is 1. The molecule has 0 aromatic carbocycles. The largest absolute Gasteiger partial charge is 0.327 e. The first-order chi connectivity index (χ1) is 5.56. The van der Waals surface area contributed by atoms with Gasteiger partial charge in [-0.15, -0.1) is 0 Å². The third-order valence-electron chi connectivity index (χ3n) is 4.82. The molecule has 0 spiro atoms. The summed E-state index contributed by atoms with van der Waals surface area (Å²) in [5.41, 5.74) is 6.75. The lowest BCUT2D eigenvalue weighted by Gasteiger charge is -2.42. The standard InChI is InChI=1S/C11H21N/c1-7(2)11(3)9-5-4-8(6-9)10(11)12/h7-10H,4-6,12H2,1-3H3/t8-,9+,10-,11+/m1/s1. The predicted octanol–water partition coefficient (Wildman–Crippen LogP) is 2.41. The molecule has 2 rings (SSSR count). The summed E-state index contributed by atoms with van der Waals surface area (Å²) in [4.78, 5) is 0. The van der Waals surface area contributed by atoms with Crippen LogP contribution in [0.15, 0.2) is 0 Å². The van der Waals surface area contributed by atoms with Crippen molar-refractivity contribution in [3.63, 3.8) is 0 Å². The van der Waals surface area contributed by atoms with Crippen LogP contribution in [0.3, 0.4) is 0 Å². The van der Waals surface area contributed by atoms with Crippen LogP contribution in [0, 0.1) is 23.2 Å². The van der Waals surface area contributed by atoms with E-state index >= 15 is 0 Å². The maximum Gasteiger partial charge on any atom is 0.0127 e. The second-order valence-corrected chi connectivity index (χ2v) is 5.32. The zero-order valence-electron chi connectivity index (χ0n) is 8.51. The van der Waals surface area contributed by atoms with Crippen LogP contribution < -0.4 is 5.73 Å². The fraction of sp³-hybridized carbons (Fsp3) is 1.00. The van der Waals surface area contributed by atoms with E-state index in [1.165, 1.54) is 19.3 Å². The van der Waals surface area contributed by atoms with E-state index in [0.29, 0.717) is 11.5 Å². The molecule has 2 fully saturated rings. The lowest BCUT2D eigenvalue weighted by Crippen LogP contribution is -2.47. The van der Waals surface area contributed by atoms with E-state index in [0.717, 1.165) is 17.8 Å². The van der Waals surface area contributed by atoms with Gasteiger partial charge in [0.1, 0.15) is 0 Å². The molecule has 0 unspecified atom stereocenters. The van der Waals surface area contributed by atoms with E-state index in [9.17, 15) is 0 Å². The summed E-state index contributed by atoms with van der Waals surface area (Å²) in [6.07, 6.45) is 4.25. The molecule has 0 aliphatic heterocycles. The summed E-state index contributed by atoms with van der Waals surface area (Å²) in [5, 5.41) is 0. The van der Waals surface area contributed by atoms with Gasteiger partial charge in [-0.25, -0.2) is 0 Å². The maximum atomic E-state index is 6.30. The molecule has 2 N–H and O–H groups in total. The Balaban J connectivity index is 2.26. The smallest absolute Gasteiger partial charge is 0.0127 e. The Morgan fingerprint density at radius 1 is 1.33 bits per heavy atom. The van der Waals surface area contributed by atoms with Gasteiger partial charge in [0.15, 0.2) is 0 Å². The van der Waals surface area contributed by atoms with Crippen LogP contribution in [-0.2, 0) is 0 Å². The highest BCUT2D eigenvalue weighted by molar-refractivity contribution is 5.07. The third kappa shape index (κ3) is 0.834. The molecule has 0 aromatic heterocycles. The molecule has 0 amide bonds. The molecule has 0 radical (unpaired) electrons. The van der Waals surface area contributed by atoms with Crippen molar-refractivity contribution >= 4 is 0 Å². The van der Waals surface area contributed by atoms with Gasteiger partial charge in [-0.1, -0.05) is 20.8 Å². The SMILES string of the molecule is CC(C)[C@@]1(C)[C@H]2CC[C@H](C2)[C@H]1N. The summed E-state index contributed by atoms with van der Waals surface area (Å²) in [6.45, 7) is 7.08. The number of hydrogen-bond donors (Lipinski definition) is 1. The number of nitrogens with two attached hydrogens (primary N) is 1. The Bertz CT molecular complexity index is 183. The van der Waals surface area contributed by atoms with Crippen LogP contribution in [0.4, 0.5) is 0 Å². The average Bonchev–Trinajstić information content (AvgIpc) is 2.55. The zero-order chi connectivity index (χ0) is 8.93. The predicted molar refractivity (Wildman–Crippen MR) is 51.8 cm³/mol. The average molecular weight is 167 g/mol. The molecule has 0 heterocycles. The topological polar surface area (TPSA) is 26.0 Å². The fourth-order valence-corrected chi connectivity index (χ4v) is 3.54. The summed E-state index contributed by atoms with van der Waals surface area (Å²) < 4.78 is 0. The van der Waals surface area contributed by atoms with Gasteiger partial charge < -0.3 is 5.73 Å². The van der Waals surface area contributed by atoms with E-state index in [2.05, 4.69) is 20.8 Å². The summed E-state index contributed by atoms with van der Waals surface area (Å²) in [5.74, 6) is 2.53. The Morgan fingerprint density at radius 2 is 2.00 bits per heavy atom. The quantitative estimate of drug-likeness (QED) is 0.637. The molecule has 2 aliphatic carbocycles. The molecule has 12 heavy (non-hydrogen) atoms. The van der Waals surface area contributed by atoms with Crippen molar-refractivity contribution < 1.29 is 0 Å². The van der Waals surface area contributed by atoms with Gasteiger partial charge in [-0.2, -0.15) is 0 Å². The highest BCUT2D eigenvalue weighted by atomic mass is 14.8. The highest BCUT2D eigenvalue weighted by Crippen LogP contribution is 2.58. The monoisotopic (exact) mass is 167 g/mol. The van der Waals surface area contributed by atoms with E-state index in [1.807, 2.05) is 0 Å². The second-order valence-electron chi connectivity index (χ2n) is 5.32. The number of fused-ring (bicyclic) bond motifs is 2. The molecule has 1 nitrogen and oxygen atoms in total. The van der Waals surface area contributed by atoms with Crippen molar-refractivity contribution in [1.29, 1.82) is 0 Å². The number of rotatable bonds is 1.